The largest absolute Gasteiger partial charge is 0.493 e. The lowest BCUT2D eigenvalue weighted by Gasteiger charge is -2.32. The minimum Gasteiger partial charge on any atom is -0.493 e. The Hall–Kier alpha value is -3.41. The summed E-state index contributed by atoms with van der Waals surface area (Å²) in [5.41, 5.74) is 0.387. The molecule has 1 unspecified atom stereocenters. The van der Waals surface area contributed by atoms with E-state index in [1.807, 2.05) is 0 Å². The molecule has 2 heterocycles. The number of hydrogen-bond acceptors (Lipinski definition) is 9. The highest BCUT2D eigenvalue weighted by Gasteiger charge is 2.31. The second-order valence-electron chi connectivity index (χ2n) is 5.73. The van der Waals surface area contributed by atoms with E-state index in [1.165, 1.54) is 26.1 Å². The van der Waals surface area contributed by atoms with Crippen LogP contribution in [0.5, 0.6) is 17.2 Å². The van der Waals surface area contributed by atoms with Gasteiger partial charge in [0, 0.05) is 6.54 Å². The second kappa shape index (κ2) is 10.2. The fraction of sp³-hybridized carbons (Fsp3) is 0.471. The maximum absolute atomic E-state index is 13.1. The molecule has 1 atom stereocenters. The molecule has 3 rings (SSSR count). The summed E-state index contributed by atoms with van der Waals surface area (Å²) in [6, 6.07) is 3.34. The van der Waals surface area contributed by atoms with E-state index >= 15 is 0 Å². The van der Waals surface area contributed by atoms with Gasteiger partial charge >= 0.3 is 0 Å². The average Bonchev–Trinajstić information content (AvgIpc) is 3.19. The third kappa shape index (κ3) is 4.90. The minimum atomic E-state index is -0.424. The van der Waals surface area contributed by atoms with Crippen LogP contribution in [0.15, 0.2) is 12.1 Å². The Balaban J connectivity index is 0.000000941. The van der Waals surface area contributed by atoms with Crippen molar-refractivity contribution in [1.82, 2.24) is 25.1 Å². The van der Waals surface area contributed by atoms with Gasteiger partial charge in [0.15, 0.2) is 11.5 Å². The Kier molecular flexibility index (Phi) is 7.71. The van der Waals surface area contributed by atoms with Crippen LogP contribution in [0.4, 0.5) is 0 Å². The summed E-state index contributed by atoms with van der Waals surface area (Å²) in [4.78, 5) is 24.5. The van der Waals surface area contributed by atoms with Crippen molar-refractivity contribution in [3.63, 3.8) is 0 Å². The third-order valence-electron chi connectivity index (χ3n) is 4.10. The van der Waals surface area contributed by atoms with E-state index < -0.39 is 6.10 Å². The highest BCUT2D eigenvalue weighted by atomic mass is 16.5. The Morgan fingerprint density at radius 3 is 2.48 bits per heavy atom. The second-order valence-corrected chi connectivity index (χ2v) is 5.73. The molecule has 12 heteroatoms. The molecule has 158 valence electrons. The quantitative estimate of drug-likeness (QED) is 0.679. The van der Waals surface area contributed by atoms with Gasteiger partial charge in [-0.1, -0.05) is 0 Å². The van der Waals surface area contributed by atoms with E-state index in [0.29, 0.717) is 48.3 Å². The fourth-order valence-corrected chi connectivity index (χ4v) is 2.86. The van der Waals surface area contributed by atoms with Gasteiger partial charge in [-0.05, 0) is 17.3 Å². The number of benzene rings is 1. The first-order valence-electron chi connectivity index (χ1n) is 8.52. The fourth-order valence-electron chi connectivity index (χ4n) is 2.86. The molecule has 1 aromatic carbocycles. The summed E-state index contributed by atoms with van der Waals surface area (Å²) in [6.07, 6.45) is -0.424. The van der Waals surface area contributed by atoms with Gasteiger partial charge in [-0.15, -0.1) is 10.2 Å². The Labute approximate surface area is 166 Å². The van der Waals surface area contributed by atoms with E-state index in [9.17, 15) is 4.79 Å². The van der Waals surface area contributed by atoms with Crippen LogP contribution in [0.2, 0.25) is 0 Å². The van der Waals surface area contributed by atoms with E-state index in [-0.39, 0.29) is 12.4 Å². The molecule has 1 aromatic heterocycles. The standard InChI is InChI=1S/C16H21N5O5.CH2O2/c1-20-18-15(17-19-20)12-9-21(7-8-26-12)16(22)10-5-6-11(23-2)14(25-4)13(10)24-3;2-1-3/h5-6,12H,7-9H2,1-4H3;1H,(H,2,3). The number of morpholine rings is 1. The number of amides is 1. The Bertz CT molecular complexity index is 842. The van der Waals surface area contributed by atoms with Crippen molar-refractivity contribution in [2.45, 2.75) is 6.10 Å². The third-order valence-corrected chi connectivity index (χ3v) is 4.10. The number of carbonyl (C=O) groups excluding carboxylic acids is 1. The number of carbonyl (C=O) groups is 2. The highest BCUT2D eigenvalue weighted by molar-refractivity contribution is 5.98. The molecule has 12 nitrogen and oxygen atoms in total. The van der Waals surface area contributed by atoms with Crippen molar-refractivity contribution in [3.8, 4) is 17.2 Å². The molecule has 1 fully saturated rings. The zero-order valence-electron chi connectivity index (χ0n) is 16.6. The molecular formula is C17H23N5O7. The lowest BCUT2D eigenvalue weighted by atomic mass is 10.1. The lowest BCUT2D eigenvalue weighted by Crippen LogP contribution is -2.42. The Morgan fingerprint density at radius 2 is 1.93 bits per heavy atom. The SMILES string of the molecule is COc1ccc(C(=O)N2CCOC(c3nnn(C)n3)C2)c(OC)c1OC.O=CO. The Morgan fingerprint density at radius 1 is 1.24 bits per heavy atom. The lowest BCUT2D eigenvalue weighted by molar-refractivity contribution is -0.122. The van der Waals surface area contributed by atoms with Gasteiger partial charge < -0.3 is 29.0 Å². The molecule has 0 saturated carbocycles. The minimum absolute atomic E-state index is 0.194. The van der Waals surface area contributed by atoms with Crippen LogP contribution in [0.1, 0.15) is 22.3 Å². The van der Waals surface area contributed by atoms with Crippen LogP contribution in [0.3, 0.4) is 0 Å². The van der Waals surface area contributed by atoms with Gasteiger partial charge in [-0.2, -0.15) is 4.80 Å². The summed E-state index contributed by atoms with van der Waals surface area (Å²) in [6.45, 7) is 0.902. The van der Waals surface area contributed by atoms with Crippen LogP contribution in [0, 0.1) is 0 Å². The average molecular weight is 409 g/mol. The number of aryl methyl sites for hydroxylation is 1. The number of ether oxygens (including phenoxy) is 4. The van der Waals surface area contributed by atoms with E-state index in [1.54, 1.807) is 24.1 Å². The number of carboxylic acid groups (broad SMARTS) is 1. The van der Waals surface area contributed by atoms with E-state index in [0.717, 1.165) is 0 Å². The van der Waals surface area contributed by atoms with Crippen molar-refractivity contribution < 1.29 is 33.6 Å². The van der Waals surface area contributed by atoms with Crippen molar-refractivity contribution in [2.24, 2.45) is 7.05 Å². The van der Waals surface area contributed by atoms with Crippen LogP contribution < -0.4 is 14.2 Å². The predicted octanol–water partition coefficient (Wildman–Crippen LogP) is 0.150. The summed E-state index contributed by atoms with van der Waals surface area (Å²) in [5.74, 6) is 1.45. The number of tetrazole rings is 1. The summed E-state index contributed by atoms with van der Waals surface area (Å²) in [7, 11) is 6.19. The monoisotopic (exact) mass is 409 g/mol. The first-order valence-corrected chi connectivity index (χ1v) is 8.52. The molecule has 0 spiro atoms. The summed E-state index contributed by atoms with van der Waals surface area (Å²) < 4.78 is 21.7. The maximum atomic E-state index is 13.1. The van der Waals surface area contributed by atoms with Gasteiger partial charge in [0.05, 0.1) is 47.1 Å². The molecule has 1 aliphatic heterocycles. The number of hydrogen-bond donors (Lipinski definition) is 1. The summed E-state index contributed by atoms with van der Waals surface area (Å²) in [5, 5.41) is 18.8. The zero-order chi connectivity index (χ0) is 21.4. The van der Waals surface area contributed by atoms with Gasteiger partial charge in [-0.3, -0.25) is 9.59 Å². The van der Waals surface area contributed by atoms with Gasteiger partial charge in [-0.25, -0.2) is 0 Å². The molecular weight excluding hydrogens is 386 g/mol. The van der Waals surface area contributed by atoms with Crippen molar-refractivity contribution in [3.05, 3.63) is 23.5 Å². The van der Waals surface area contributed by atoms with Gasteiger partial charge in [0.2, 0.25) is 11.6 Å². The van der Waals surface area contributed by atoms with Crippen molar-refractivity contribution in [1.29, 1.82) is 0 Å². The normalized spacial score (nSPS) is 15.7. The first-order chi connectivity index (χ1) is 14.0. The molecule has 0 bridgehead atoms. The number of nitrogens with zero attached hydrogens (tertiary/aromatic N) is 5. The molecule has 1 N–H and O–H groups in total. The smallest absolute Gasteiger partial charge is 0.290 e. The van der Waals surface area contributed by atoms with Gasteiger partial charge in [0.1, 0.15) is 6.10 Å². The maximum Gasteiger partial charge on any atom is 0.290 e. The number of aromatic nitrogens is 4. The molecule has 29 heavy (non-hydrogen) atoms. The van der Waals surface area contributed by atoms with Gasteiger partial charge in [0.25, 0.3) is 12.4 Å². The summed E-state index contributed by atoms with van der Waals surface area (Å²) >= 11 is 0. The van der Waals surface area contributed by atoms with Crippen molar-refractivity contribution in [2.75, 3.05) is 41.0 Å². The predicted molar refractivity (Wildman–Crippen MR) is 98.2 cm³/mol. The molecule has 0 aliphatic carbocycles. The van der Waals surface area contributed by atoms with E-state index in [2.05, 4.69) is 15.4 Å². The van der Waals surface area contributed by atoms with Crippen LogP contribution >= 0.6 is 0 Å². The zero-order valence-corrected chi connectivity index (χ0v) is 16.6. The number of rotatable bonds is 5. The van der Waals surface area contributed by atoms with Crippen LogP contribution in [-0.2, 0) is 16.6 Å². The molecule has 2 aromatic rings. The van der Waals surface area contributed by atoms with E-state index in [4.69, 9.17) is 28.8 Å². The van der Waals surface area contributed by atoms with Crippen LogP contribution in [-0.4, -0.2) is 83.6 Å². The number of methoxy groups -OCH3 is 3. The highest BCUT2D eigenvalue weighted by Crippen LogP contribution is 2.40. The molecule has 0 radical (unpaired) electrons. The van der Waals surface area contributed by atoms with Crippen LogP contribution in [0.25, 0.3) is 0 Å². The molecule has 1 aliphatic rings. The first kappa shape index (κ1) is 21.9. The van der Waals surface area contributed by atoms with Crippen molar-refractivity contribution >= 4 is 12.4 Å². The topological polar surface area (TPSA) is 138 Å². The molecule has 1 saturated heterocycles. The molecule has 1 amide bonds.